The summed E-state index contributed by atoms with van der Waals surface area (Å²) in [5, 5.41) is 5.49. The SMILES string of the molecule is CNCCN(C)C(=O)[C@@H]1CNC[C@H]1C(F)(F)F.Cl. The van der Waals surface area contributed by atoms with Crippen LogP contribution in [0.3, 0.4) is 0 Å². The average molecular weight is 290 g/mol. The van der Waals surface area contributed by atoms with Crippen molar-refractivity contribution in [2.24, 2.45) is 11.8 Å². The molecule has 0 aliphatic carbocycles. The summed E-state index contributed by atoms with van der Waals surface area (Å²) in [5.74, 6) is -2.99. The van der Waals surface area contributed by atoms with Crippen molar-refractivity contribution >= 4 is 18.3 Å². The zero-order chi connectivity index (χ0) is 13.1. The Labute approximate surface area is 111 Å². The first-order valence-corrected chi connectivity index (χ1v) is 5.55. The second-order valence-corrected chi connectivity index (χ2v) is 4.28. The number of likely N-dealkylation sites (N-methyl/N-ethyl adjacent to an activating group) is 2. The molecule has 1 saturated heterocycles. The van der Waals surface area contributed by atoms with E-state index in [1.807, 2.05) is 0 Å². The van der Waals surface area contributed by atoms with Gasteiger partial charge in [-0.3, -0.25) is 4.79 Å². The molecule has 1 amide bonds. The standard InChI is InChI=1S/C10H18F3N3O.ClH/c1-14-3-4-16(2)9(17)7-5-15-6-8(7)10(11,12)13;/h7-8,14-15H,3-6H2,1-2H3;1H/t7-,8-;/m1./s1. The maximum Gasteiger partial charge on any atom is 0.393 e. The fourth-order valence-corrected chi connectivity index (χ4v) is 1.95. The lowest BCUT2D eigenvalue weighted by Crippen LogP contribution is -2.42. The van der Waals surface area contributed by atoms with Gasteiger partial charge in [-0.1, -0.05) is 0 Å². The van der Waals surface area contributed by atoms with Gasteiger partial charge in [0, 0.05) is 33.2 Å². The Bertz CT molecular complexity index is 276. The molecule has 1 fully saturated rings. The topological polar surface area (TPSA) is 44.4 Å². The highest BCUT2D eigenvalue weighted by atomic mass is 35.5. The number of carbonyl (C=O) groups excluding carboxylic acids is 1. The molecule has 4 nitrogen and oxygen atoms in total. The summed E-state index contributed by atoms with van der Waals surface area (Å²) in [4.78, 5) is 13.2. The number of amides is 1. The normalized spacial score (nSPS) is 23.6. The molecule has 108 valence electrons. The Kier molecular flexibility index (Phi) is 6.94. The van der Waals surface area contributed by atoms with E-state index in [9.17, 15) is 18.0 Å². The summed E-state index contributed by atoms with van der Waals surface area (Å²) in [6, 6.07) is 0. The van der Waals surface area contributed by atoms with Gasteiger partial charge in [-0.05, 0) is 7.05 Å². The van der Waals surface area contributed by atoms with Crippen molar-refractivity contribution in [2.75, 3.05) is 40.3 Å². The predicted molar refractivity (Wildman–Crippen MR) is 64.7 cm³/mol. The molecule has 0 aromatic heterocycles. The molecule has 2 atom stereocenters. The number of halogens is 4. The molecule has 0 aromatic carbocycles. The Balaban J connectivity index is 0.00000289. The number of hydrogen-bond acceptors (Lipinski definition) is 3. The first-order chi connectivity index (χ1) is 7.88. The van der Waals surface area contributed by atoms with Crippen LogP contribution >= 0.6 is 12.4 Å². The zero-order valence-corrected chi connectivity index (χ0v) is 11.2. The fraction of sp³-hybridized carbons (Fsp3) is 0.900. The first kappa shape index (κ1) is 17.5. The van der Waals surface area contributed by atoms with Gasteiger partial charge in [0.15, 0.2) is 0 Å². The van der Waals surface area contributed by atoms with Crippen molar-refractivity contribution in [3.63, 3.8) is 0 Å². The maximum atomic E-state index is 12.7. The quantitative estimate of drug-likeness (QED) is 0.791. The third-order valence-corrected chi connectivity index (χ3v) is 3.03. The minimum atomic E-state index is -4.31. The van der Waals surface area contributed by atoms with Gasteiger partial charge in [-0.15, -0.1) is 12.4 Å². The van der Waals surface area contributed by atoms with Gasteiger partial charge in [0.25, 0.3) is 0 Å². The van der Waals surface area contributed by atoms with Gasteiger partial charge < -0.3 is 15.5 Å². The summed E-state index contributed by atoms with van der Waals surface area (Å²) in [5.41, 5.74) is 0. The van der Waals surface area contributed by atoms with Crippen molar-refractivity contribution in [1.29, 1.82) is 0 Å². The number of carbonyl (C=O) groups is 1. The van der Waals surface area contributed by atoms with E-state index in [2.05, 4.69) is 10.6 Å². The molecule has 0 bridgehead atoms. The highest BCUT2D eigenvalue weighted by molar-refractivity contribution is 5.85. The van der Waals surface area contributed by atoms with Gasteiger partial charge >= 0.3 is 6.18 Å². The molecule has 2 N–H and O–H groups in total. The minimum absolute atomic E-state index is 0. The first-order valence-electron chi connectivity index (χ1n) is 5.55. The highest BCUT2D eigenvalue weighted by Gasteiger charge is 2.50. The number of alkyl halides is 3. The van der Waals surface area contributed by atoms with E-state index in [1.54, 1.807) is 7.05 Å². The van der Waals surface area contributed by atoms with E-state index < -0.39 is 23.9 Å². The number of nitrogens with zero attached hydrogens (tertiary/aromatic N) is 1. The van der Waals surface area contributed by atoms with Crippen LogP contribution < -0.4 is 10.6 Å². The number of nitrogens with one attached hydrogen (secondary N) is 2. The molecular weight excluding hydrogens is 271 g/mol. The highest BCUT2D eigenvalue weighted by Crippen LogP contribution is 2.35. The van der Waals surface area contributed by atoms with Crippen molar-refractivity contribution in [3.05, 3.63) is 0 Å². The van der Waals surface area contributed by atoms with E-state index in [0.29, 0.717) is 13.1 Å². The van der Waals surface area contributed by atoms with Crippen molar-refractivity contribution in [3.8, 4) is 0 Å². The Hall–Kier alpha value is -0.530. The minimum Gasteiger partial charge on any atom is -0.344 e. The van der Waals surface area contributed by atoms with Gasteiger partial charge in [0.1, 0.15) is 0 Å². The van der Waals surface area contributed by atoms with E-state index in [1.165, 1.54) is 11.9 Å². The van der Waals surface area contributed by atoms with Gasteiger partial charge in [0.05, 0.1) is 11.8 Å². The summed E-state index contributed by atoms with van der Waals surface area (Å²) in [6.45, 7) is 0.919. The van der Waals surface area contributed by atoms with Crippen LogP contribution in [0.5, 0.6) is 0 Å². The summed E-state index contributed by atoms with van der Waals surface area (Å²) < 4.78 is 38.0. The van der Waals surface area contributed by atoms with E-state index in [0.717, 1.165) is 0 Å². The molecule has 0 saturated carbocycles. The van der Waals surface area contributed by atoms with Crippen molar-refractivity contribution in [2.45, 2.75) is 6.18 Å². The summed E-state index contributed by atoms with van der Waals surface area (Å²) in [7, 11) is 3.26. The molecule has 0 radical (unpaired) electrons. The summed E-state index contributed by atoms with van der Waals surface area (Å²) >= 11 is 0. The van der Waals surface area contributed by atoms with E-state index in [-0.39, 0.29) is 25.5 Å². The molecule has 18 heavy (non-hydrogen) atoms. The van der Waals surface area contributed by atoms with Crippen LogP contribution in [0.1, 0.15) is 0 Å². The van der Waals surface area contributed by atoms with Crippen LogP contribution in [0.2, 0.25) is 0 Å². The van der Waals surface area contributed by atoms with Crippen LogP contribution in [-0.2, 0) is 4.79 Å². The molecule has 0 aromatic rings. The van der Waals surface area contributed by atoms with Crippen LogP contribution in [0, 0.1) is 11.8 Å². The molecule has 0 unspecified atom stereocenters. The molecule has 1 rings (SSSR count). The molecule has 1 heterocycles. The van der Waals surface area contributed by atoms with Gasteiger partial charge in [-0.25, -0.2) is 0 Å². The molecule has 8 heteroatoms. The lowest BCUT2D eigenvalue weighted by Gasteiger charge is -2.25. The zero-order valence-electron chi connectivity index (χ0n) is 10.4. The van der Waals surface area contributed by atoms with E-state index >= 15 is 0 Å². The number of rotatable bonds is 4. The average Bonchev–Trinajstić information content (AvgIpc) is 2.73. The number of hydrogen-bond donors (Lipinski definition) is 2. The third-order valence-electron chi connectivity index (χ3n) is 3.03. The van der Waals surface area contributed by atoms with Crippen LogP contribution in [-0.4, -0.2) is 57.3 Å². The molecule has 1 aliphatic heterocycles. The Morgan fingerprint density at radius 2 is 2.06 bits per heavy atom. The monoisotopic (exact) mass is 289 g/mol. The summed E-state index contributed by atoms with van der Waals surface area (Å²) in [6.07, 6.45) is -4.31. The maximum absolute atomic E-state index is 12.7. The largest absolute Gasteiger partial charge is 0.393 e. The van der Waals surface area contributed by atoms with Crippen LogP contribution in [0.25, 0.3) is 0 Å². The van der Waals surface area contributed by atoms with Crippen LogP contribution in [0.4, 0.5) is 13.2 Å². The molecule has 1 aliphatic rings. The fourth-order valence-electron chi connectivity index (χ4n) is 1.95. The second-order valence-electron chi connectivity index (χ2n) is 4.28. The van der Waals surface area contributed by atoms with Gasteiger partial charge in [-0.2, -0.15) is 13.2 Å². The smallest absolute Gasteiger partial charge is 0.344 e. The van der Waals surface area contributed by atoms with Crippen molar-refractivity contribution < 1.29 is 18.0 Å². The predicted octanol–water partition coefficient (Wildman–Crippen LogP) is 0.484. The molecule has 0 spiro atoms. The lowest BCUT2D eigenvalue weighted by atomic mass is 9.94. The Morgan fingerprint density at radius 1 is 1.44 bits per heavy atom. The Morgan fingerprint density at radius 3 is 2.56 bits per heavy atom. The van der Waals surface area contributed by atoms with Crippen LogP contribution in [0.15, 0.2) is 0 Å². The van der Waals surface area contributed by atoms with Crippen molar-refractivity contribution in [1.82, 2.24) is 15.5 Å². The third kappa shape index (κ3) is 4.29. The second kappa shape index (κ2) is 7.16. The van der Waals surface area contributed by atoms with E-state index in [4.69, 9.17) is 0 Å². The lowest BCUT2D eigenvalue weighted by molar-refractivity contribution is -0.184. The molecular formula is C10H19ClF3N3O. The van der Waals surface area contributed by atoms with Gasteiger partial charge in [0.2, 0.25) is 5.91 Å².